The molecule has 0 saturated carbocycles. The molecule has 0 aliphatic carbocycles. The third kappa shape index (κ3) is 28.5. The third-order valence-electron chi connectivity index (χ3n) is 15.6. The van der Waals surface area contributed by atoms with E-state index < -0.39 is 43.4 Å². The van der Waals surface area contributed by atoms with Gasteiger partial charge in [-0.05, 0) is 167 Å². The van der Waals surface area contributed by atoms with Crippen molar-refractivity contribution in [1.82, 2.24) is 54.9 Å². The van der Waals surface area contributed by atoms with E-state index in [1.807, 2.05) is 48.5 Å². The number of carbonyl (C=O) groups excluding carboxylic acids is 2. The van der Waals surface area contributed by atoms with Gasteiger partial charge in [0.05, 0.1) is 61.4 Å². The Hall–Kier alpha value is -12.8. The maximum Gasteiger partial charge on any atom is 0.573 e. The number of carboxylic acids is 1. The summed E-state index contributed by atoms with van der Waals surface area (Å²) in [5.74, 6) is -0.231. The molecule has 0 fully saturated rings. The van der Waals surface area contributed by atoms with Crippen LogP contribution in [0.3, 0.4) is 0 Å². The van der Waals surface area contributed by atoms with E-state index in [4.69, 9.17) is 119 Å². The molecule has 2 amide bonds. The number of aromatic carboxylic acids is 1. The lowest BCUT2D eigenvalue weighted by Crippen LogP contribution is -2.29. The first-order valence-electron chi connectivity index (χ1n) is 34.0. The van der Waals surface area contributed by atoms with E-state index in [0.717, 1.165) is 75.7 Å². The van der Waals surface area contributed by atoms with Crippen LogP contribution >= 0.6 is 69.6 Å². The number of aromatic hydroxyl groups is 3. The molecule has 120 heavy (non-hydrogen) atoms. The minimum atomic E-state index is -4.76. The van der Waals surface area contributed by atoms with Gasteiger partial charge in [0, 0.05) is 21.1 Å². The summed E-state index contributed by atoms with van der Waals surface area (Å²) in [5, 5.41) is 72.7. The molecule has 0 spiro atoms. The first-order chi connectivity index (χ1) is 56.7. The summed E-state index contributed by atoms with van der Waals surface area (Å²) in [6.07, 6.45) is -5.53. The fraction of sp³-hybridized carbons (Fsp3) is 0.115. The summed E-state index contributed by atoms with van der Waals surface area (Å²) in [7, 11) is 1.51. The van der Waals surface area contributed by atoms with Crippen molar-refractivity contribution in [3.05, 3.63) is 301 Å². The number of hydrogen-bond donors (Lipinski definition) is 9. The second-order valence-electron chi connectivity index (χ2n) is 24.0. The molecule has 3 aromatic heterocycles. The maximum atomic E-state index is 12.4. The van der Waals surface area contributed by atoms with Crippen molar-refractivity contribution >= 4 is 100.0 Å². The fourth-order valence-corrected chi connectivity index (χ4v) is 11.3. The standard InChI is InChI=1S/C24H20Cl2N4O4.C23H15Cl2F3N4O4.C17H13Cl2N3O4.C7H6BF3O3.C7H9NO.FH.H2/c1-33-19-8-4-16(5-9-19)13-34-22-20(25)10-17(11-21(22)26)30-14-28-23(29-30)24(32)27-12-15-2-6-18(31)7-3-15;24-18-9-14(10-19(25)20(18)33)32-12-30-21(31-32)22(34)29-11-13-1-3-15(4-2-13)35-16-5-7-17(8-6-16)36-23(26,27)28;1-25-12-4-2-10(3-5-12)8-26-15-13(18)6-11(7-14(15)19)22-9-20-16(21-22)17(23)24;9-7(10,11)14-6-3-1-5(2-4-6)8(12)13;8-5-6-1-3-7(9)4-2-6;;/h2-11,14,31H,12-13H2,1H3,(H,27,32);1-10,12,33H,11H2,(H,29,34);2-7,9H,8H2,1H3,(H,23,24);1-4,12-13H;1-4,9H,5,8H2;2*1H/i;;;;;;1+1. The van der Waals surface area contributed by atoms with Crippen molar-refractivity contribution in [3.8, 4) is 80.3 Å². The first-order valence-corrected chi connectivity index (χ1v) is 36.3. The lowest BCUT2D eigenvalue weighted by atomic mass is 9.80. The highest BCUT2D eigenvalue weighted by Gasteiger charge is 2.32. The third-order valence-corrected chi connectivity index (χ3v) is 17.3. The Morgan fingerprint density at radius 3 is 1.07 bits per heavy atom. The number of phenolic OH excluding ortho intramolecular Hbond substituents is 3. The summed E-state index contributed by atoms with van der Waals surface area (Å²) in [6, 6.07) is 53.4. The van der Waals surface area contributed by atoms with Gasteiger partial charge >= 0.3 is 25.8 Å². The van der Waals surface area contributed by atoms with Gasteiger partial charge in [-0.2, -0.15) is 0 Å². The van der Waals surface area contributed by atoms with Crippen LogP contribution in [-0.2, 0) is 32.8 Å². The van der Waals surface area contributed by atoms with Gasteiger partial charge in [-0.15, -0.1) is 41.6 Å². The molecule has 0 saturated heterocycles. The summed E-state index contributed by atoms with van der Waals surface area (Å²) >= 11 is 37.2. The number of carbonyl (C=O) groups is 3. The van der Waals surface area contributed by atoms with E-state index in [1.54, 1.807) is 111 Å². The van der Waals surface area contributed by atoms with Gasteiger partial charge < -0.3 is 80.0 Å². The van der Waals surface area contributed by atoms with Crippen LogP contribution in [0.25, 0.3) is 17.1 Å². The highest BCUT2D eigenvalue weighted by atomic mass is 35.5. The fourth-order valence-electron chi connectivity index (χ4n) is 9.67. The minimum absolute atomic E-state index is 0. The molecule has 42 heteroatoms. The summed E-state index contributed by atoms with van der Waals surface area (Å²) in [6.45, 7) is 1.52. The SMILES string of the molecule is COc1ccc(COc2c(Cl)cc(-n3cnc(C(=O)NCc4ccc(O)cc4)n3)cc2Cl)cc1.COc1ccc(COc2c(Cl)cc(-n3cnc(C(=O)O)n3)cc2Cl)cc1.F.NCc1ccc(O)cc1.O=C(NCc1ccc(Oc2ccc(OC(F)(F)F)cc2)cc1)c1ncn(-c2cc(Cl)c(O)c(Cl)c2)n1.OB(O)c1ccc(OC(F)(F)F)cc1.[2HH]. The molecular weight excluding hydrogens is 1720 g/mol. The predicted octanol–water partition coefficient (Wildman–Crippen LogP) is 16.1. The molecule has 10 N–H and O–H groups in total. The zero-order valence-electron chi connectivity index (χ0n) is 61.8. The lowest BCUT2D eigenvalue weighted by Gasteiger charge is -2.12. The number of phenols is 3. The Balaban J connectivity index is 0.000000221. The smallest absolute Gasteiger partial charge is 0.508 e. The van der Waals surface area contributed by atoms with E-state index in [1.165, 1.54) is 57.3 Å². The van der Waals surface area contributed by atoms with Crippen LogP contribution in [0.1, 0.15) is 61.1 Å². The number of carboxylic acid groups (broad SMARTS) is 1. The second-order valence-corrected chi connectivity index (χ2v) is 26.5. The quantitative estimate of drug-likeness (QED) is 0.0200. The van der Waals surface area contributed by atoms with Crippen molar-refractivity contribution in [1.29, 1.82) is 0 Å². The predicted molar refractivity (Wildman–Crippen MR) is 431 cm³/mol. The van der Waals surface area contributed by atoms with E-state index in [-0.39, 0.29) is 98.5 Å². The summed E-state index contributed by atoms with van der Waals surface area (Å²) in [5.41, 5.74) is 11.3. The van der Waals surface area contributed by atoms with E-state index in [2.05, 4.69) is 50.4 Å². The van der Waals surface area contributed by atoms with Gasteiger partial charge in [-0.25, -0.2) is 33.8 Å². The lowest BCUT2D eigenvalue weighted by molar-refractivity contribution is -0.275. The van der Waals surface area contributed by atoms with Crippen molar-refractivity contribution in [2.75, 3.05) is 14.2 Å². The number of nitrogens with one attached hydrogen (secondary N) is 2. The van der Waals surface area contributed by atoms with Gasteiger partial charge in [-0.1, -0.05) is 142 Å². The van der Waals surface area contributed by atoms with Crippen molar-refractivity contribution in [2.24, 2.45) is 5.73 Å². The van der Waals surface area contributed by atoms with Gasteiger partial charge in [0.1, 0.15) is 78.2 Å². The molecular formula is C78H66BCl6F7N12O16. The van der Waals surface area contributed by atoms with E-state index in [0.29, 0.717) is 56.7 Å². The van der Waals surface area contributed by atoms with Crippen LogP contribution in [0, 0.1) is 0 Å². The normalized spacial score (nSPS) is 10.7. The number of rotatable bonds is 24. The van der Waals surface area contributed by atoms with E-state index >= 15 is 0 Å². The number of halogens is 13. The van der Waals surface area contributed by atoms with Crippen LogP contribution in [0.15, 0.2) is 225 Å². The van der Waals surface area contributed by atoms with Crippen molar-refractivity contribution in [3.63, 3.8) is 0 Å². The molecule has 0 atom stereocenters. The average molecular weight is 1780 g/mol. The van der Waals surface area contributed by atoms with Crippen LogP contribution < -0.4 is 55.0 Å². The zero-order chi connectivity index (χ0) is 86.1. The van der Waals surface area contributed by atoms with E-state index in [9.17, 15) is 50.9 Å². The van der Waals surface area contributed by atoms with Crippen LogP contribution in [0.4, 0.5) is 31.0 Å². The highest BCUT2D eigenvalue weighted by Crippen LogP contribution is 2.39. The molecule has 0 unspecified atom stereocenters. The van der Waals surface area contributed by atoms with Crippen molar-refractivity contribution < 1.29 is 110 Å². The Bertz CT molecular complexity index is 5480. The zero-order valence-corrected chi connectivity index (χ0v) is 66.3. The number of nitrogens with two attached hydrogens (primary N) is 1. The number of benzene rings is 10. The number of alkyl halides is 6. The largest absolute Gasteiger partial charge is 0.573 e. The molecule has 0 radical (unpaired) electrons. The van der Waals surface area contributed by atoms with Gasteiger partial charge in [0.2, 0.25) is 11.6 Å². The molecule has 10 aromatic carbocycles. The maximum absolute atomic E-state index is 12.4. The average Bonchev–Trinajstić information content (AvgIpc) is 1.79. The Morgan fingerprint density at radius 1 is 0.442 bits per heavy atom. The van der Waals surface area contributed by atoms with Gasteiger partial charge in [-0.3, -0.25) is 14.3 Å². The summed E-state index contributed by atoms with van der Waals surface area (Å²) < 4.78 is 111. The Kier molecular flexibility index (Phi) is 33.7. The van der Waals surface area contributed by atoms with Crippen molar-refractivity contribution in [2.45, 2.75) is 45.6 Å². The number of aromatic nitrogens is 9. The van der Waals surface area contributed by atoms with Gasteiger partial charge in [0.15, 0.2) is 17.2 Å². The molecule has 628 valence electrons. The number of methoxy groups -OCH3 is 2. The minimum Gasteiger partial charge on any atom is -0.508 e. The molecule has 0 bridgehead atoms. The summed E-state index contributed by atoms with van der Waals surface area (Å²) in [4.78, 5) is 47.4. The molecule has 3 heterocycles. The second kappa shape index (κ2) is 43.6. The number of nitrogens with zero attached hydrogens (tertiary/aromatic N) is 9. The molecule has 13 aromatic rings. The van der Waals surface area contributed by atoms with Crippen LogP contribution in [0.5, 0.6) is 63.2 Å². The monoisotopic (exact) mass is 1780 g/mol. The number of hydrogen-bond acceptors (Lipinski definition) is 22. The topological polar surface area (TPSA) is 379 Å². The highest BCUT2D eigenvalue weighted by molar-refractivity contribution is 6.58. The molecule has 0 aliphatic heterocycles. The molecule has 28 nitrogen and oxygen atoms in total. The number of amides is 2. The molecule has 13 rings (SSSR count). The first kappa shape index (κ1) is 92.7. The van der Waals surface area contributed by atoms with Crippen LogP contribution in [0.2, 0.25) is 30.1 Å². The number of ether oxygens (including phenoxy) is 7. The van der Waals surface area contributed by atoms with Crippen LogP contribution in [-0.4, -0.2) is 127 Å². The Morgan fingerprint density at radius 2 is 0.742 bits per heavy atom. The molecule has 0 aliphatic rings. The Labute approximate surface area is 707 Å². The van der Waals surface area contributed by atoms with Gasteiger partial charge in [0.25, 0.3) is 17.6 Å².